The Hall–Kier alpha value is -2.09. The number of ether oxygens (including phenoxy) is 1. The minimum Gasteiger partial charge on any atom is -0.385 e. The molecule has 0 saturated heterocycles. The van der Waals surface area contributed by atoms with E-state index in [2.05, 4.69) is 15.3 Å². The number of imidazole rings is 1. The maximum Gasteiger partial charge on any atom is 0.332 e. The van der Waals surface area contributed by atoms with Crippen molar-refractivity contribution in [2.75, 3.05) is 26.1 Å². The summed E-state index contributed by atoms with van der Waals surface area (Å²) in [5.41, 5.74) is 0.0399. The van der Waals surface area contributed by atoms with E-state index >= 15 is 0 Å². The first-order valence-electron chi connectivity index (χ1n) is 6.54. The Morgan fingerprint density at radius 3 is 2.70 bits per heavy atom. The topological polar surface area (TPSA) is 93.9 Å². The molecular weight excluding hydrogens is 262 g/mol. The Labute approximate surface area is 115 Å². The second-order valence-corrected chi connectivity index (χ2v) is 4.36. The van der Waals surface area contributed by atoms with E-state index in [9.17, 15) is 9.59 Å². The monoisotopic (exact) mass is 281 g/mol. The van der Waals surface area contributed by atoms with Gasteiger partial charge in [-0.05, 0) is 13.3 Å². The molecule has 0 fully saturated rings. The second-order valence-electron chi connectivity index (χ2n) is 4.36. The molecule has 0 aliphatic rings. The minimum absolute atomic E-state index is 0.325. The largest absolute Gasteiger partial charge is 0.385 e. The van der Waals surface area contributed by atoms with Crippen LogP contribution in [-0.2, 0) is 17.8 Å². The fourth-order valence-electron chi connectivity index (χ4n) is 2.13. The summed E-state index contributed by atoms with van der Waals surface area (Å²) in [6.45, 7) is 3.09. The van der Waals surface area contributed by atoms with Crippen molar-refractivity contribution < 1.29 is 4.74 Å². The van der Waals surface area contributed by atoms with Gasteiger partial charge >= 0.3 is 5.69 Å². The van der Waals surface area contributed by atoms with E-state index in [4.69, 9.17) is 4.74 Å². The molecule has 0 unspecified atom stereocenters. The van der Waals surface area contributed by atoms with Crippen LogP contribution in [0.4, 0.5) is 5.95 Å². The van der Waals surface area contributed by atoms with Gasteiger partial charge in [0.05, 0.1) is 0 Å². The van der Waals surface area contributed by atoms with Crippen LogP contribution in [0.1, 0.15) is 13.3 Å². The van der Waals surface area contributed by atoms with E-state index in [0.717, 1.165) is 0 Å². The highest BCUT2D eigenvalue weighted by Crippen LogP contribution is 2.09. The fraction of sp³-hybridized carbons (Fsp3) is 0.583. The molecule has 0 aromatic carbocycles. The molecule has 2 aromatic rings. The lowest BCUT2D eigenvalue weighted by Gasteiger charge is -2.09. The molecule has 2 N–H and O–H groups in total. The molecule has 2 aromatic heterocycles. The third kappa shape index (κ3) is 2.34. The summed E-state index contributed by atoms with van der Waals surface area (Å²) in [5.74, 6) is 0.464. The van der Waals surface area contributed by atoms with Crippen molar-refractivity contribution >= 4 is 17.1 Å². The molecular formula is C12H19N5O3. The predicted octanol–water partition coefficient (Wildman–Crippen LogP) is -0.0156. The van der Waals surface area contributed by atoms with Gasteiger partial charge in [-0.15, -0.1) is 0 Å². The van der Waals surface area contributed by atoms with Gasteiger partial charge in [-0.2, -0.15) is 4.98 Å². The van der Waals surface area contributed by atoms with Gasteiger partial charge in [-0.3, -0.25) is 13.9 Å². The molecule has 110 valence electrons. The van der Waals surface area contributed by atoms with Crippen LogP contribution in [0.3, 0.4) is 0 Å². The van der Waals surface area contributed by atoms with Crippen LogP contribution in [-0.4, -0.2) is 39.9 Å². The highest BCUT2D eigenvalue weighted by atomic mass is 16.5. The second kappa shape index (κ2) is 5.91. The molecule has 2 heterocycles. The normalized spacial score (nSPS) is 11.2. The maximum atomic E-state index is 12.3. The molecule has 0 saturated carbocycles. The Bertz CT molecular complexity index is 712. The Kier molecular flexibility index (Phi) is 4.23. The SMILES string of the molecule is CCn1c(=O)c2[nH]c(NC)nc2n(CCCOC)c1=O. The summed E-state index contributed by atoms with van der Waals surface area (Å²) in [6.07, 6.45) is 0.676. The van der Waals surface area contributed by atoms with Crippen LogP contribution in [0.15, 0.2) is 9.59 Å². The highest BCUT2D eigenvalue weighted by Gasteiger charge is 2.15. The zero-order valence-corrected chi connectivity index (χ0v) is 11.9. The van der Waals surface area contributed by atoms with Crippen LogP contribution in [0.2, 0.25) is 0 Å². The Morgan fingerprint density at radius 2 is 2.10 bits per heavy atom. The third-order valence-electron chi connectivity index (χ3n) is 3.14. The van der Waals surface area contributed by atoms with Gasteiger partial charge in [-0.1, -0.05) is 0 Å². The van der Waals surface area contributed by atoms with Crippen molar-refractivity contribution in [3.05, 3.63) is 20.8 Å². The van der Waals surface area contributed by atoms with Crippen molar-refractivity contribution in [1.29, 1.82) is 0 Å². The van der Waals surface area contributed by atoms with Crippen LogP contribution >= 0.6 is 0 Å². The molecule has 8 heteroatoms. The number of hydrogen-bond acceptors (Lipinski definition) is 5. The number of aryl methyl sites for hydroxylation is 1. The van der Waals surface area contributed by atoms with Gasteiger partial charge in [-0.25, -0.2) is 4.79 Å². The smallest absolute Gasteiger partial charge is 0.332 e. The van der Waals surface area contributed by atoms with Gasteiger partial charge in [0.25, 0.3) is 5.56 Å². The number of anilines is 1. The molecule has 0 aliphatic heterocycles. The zero-order chi connectivity index (χ0) is 14.7. The summed E-state index contributed by atoms with van der Waals surface area (Å²) < 4.78 is 7.71. The van der Waals surface area contributed by atoms with E-state index in [0.29, 0.717) is 43.2 Å². The van der Waals surface area contributed by atoms with E-state index in [-0.39, 0.29) is 11.2 Å². The molecule has 0 aliphatic carbocycles. The number of fused-ring (bicyclic) bond motifs is 1. The summed E-state index contributed by atoms with van der Waals surface area (Å²) in [7, 11) is 3.31. The molecule has 0 amide bonds. The number of aromatic amines is 1. The number of nitrogens with zero attached hydrogens (tertiary/aromatic N) is 3. The molecule has 0 spiro atoms. The lowest BCUT2D eigenvalue weighted by atomic mass is 10.4. The molecule has 0 atom stereocenters. The van der Waals surface area contributed by atoms with E-state index in [1.54, 1.807) is 21.1 Å². The quantitative estimate of drug-likeness (QED) is 0.726. The maximum absolute atomic E-state index is 12.3. The van der Waals surface area contributed by atoms with Crippen molar-refractivity contribution in [2.24, 2.45) is 0 Å². The van der Waals surface area contributed by atoms with Crippen molar-refractivity contribution in [3.8, 4) is 0 Å². The summed E-state index contributed by atoms with van der Waals surface area (Å²) in [6, 6.07) is 0. The number of hydrogen-bond donors (Lipinski definition) is 2. The first-order valence-corrected chi connectivity index (χ1v) is 6.54. The summed E-state index contributed by atoms with van der Waals surface area (Å²) >= 11 is 0. The van der Waals surface area contributed by atoms with E-state index in [1.165, 1.54) is 9.13 Å². The van der Waals surface area contributed by atoms with Gasteiger partial charge in [0.1, 0.15) is 0 Å². The van der Waals surface area contributed by atoms with Gasteiger partial charge in [0.2, 0.25) is 5.95 Å². The number of aromatic nitrogens is 4. The molecule has 2 rings (SSSR count). The standard InChI is InChI=1S/C12H19N5O3/c1-4-16-10(18)8-9(15-11(13-2)14-8)17(12(16)19)6-5-7-20-3/h4-7H2,1-3H3,(H2,13,14,15). The van der Waals surface area contributed by atoms with Crippen molar-refractivity contribution in [1.82, 2.24) is 19.1 Å². The third-order valence-corrected chi connectivity index (χ3v) is 3.14. The van der Waals surface area contributed by atoms with Gasteiger partial charge < -0.3 is 15.0 Å². The number of methoxy groups -OCH3 is 1. The predicted molar refractivity (Wildman–Crippen MR) is 76.3 cm³/mol. The molecule has 20 heavy (non-hydrogen) atoms. The Morgan fingerprint density at radius 1 is 1.35 bits per heavy atom. The average molecular weight is 281 g/mol. The fourth-order valence-corrected chi connectivity index (χ4v) is 2.13. The van der Waals surface area contributed by atoms with Crippen LogP contribution in [0.5, 0.6) is 0 Å². The van der Waals surface area contributed by atoms with Crippen LogP contribution in [0, 0.1) is 0 Å². The lowest BCUT2D eigenvalue weighted by molar-refractivity contribution is 0.190. The minimum atomic E-state index is -0.343. The number of nitrogens with one attached hydrogen (secondary N) is 2. The van der Waals surface area contributed by atoms with Crippen LogP contribution in [0.25, 0.3) is 11.2 Å². The molecule has 0 radical (unpaired) electrons. The lowest BCUT2D eigenvalue weighted by Crippen LogP contribution is -2.39. The molecule has 8 nitrogen and oxygen atoms in total. The molecule has 0 bridgehead atoms. The van der Waals surface area contributed by atoms with E-state index < -0.39 is 0 Å². The number of H-pyrrole nitrogens is 1. The zero-order valence-electron chi connectivity index (χ0n) is 11.9. The van der Waals surface area contributed by atoms with Crippen molar-refractivity contribution in [2.45, 2.75) is 26.4 Å². The first-order chi connectivity index (χ1) is 9.63. The average Bonchev–Trinajstić information content (AvgIpc) is 2.87. The Balaban J connectivity index is 2.66. The number of rotatable bonds is 6. The van der Waals surface area contributed by atoms with Gasteiger partial charge in [0.15, 0.2) is 11.2 Å². The van der Waals surface area contributed by atoms with Crippen LogP contribution < -0.4 is 16.6 Å². The summed E-state index contributed by atoms with van der Waals surface area (Å²) in [5, 5.41) is 2.84. The first kappa shape index (κ1) is 14.3. The van der Waals surface area contributed by atoms with Gasteiger partial charge in [0, 0.05) is 33.9 Å². The van der Waals surface area contributed by atoms with Crippen molar-refractivity contribution in [3.63, 3.8) is 0 Å². The highest BCUT2D eigenvalue weighted by molar-refractivity contribution is 5.72. The van der Waals surface area contributed by atoms with E-state index in [1.807, 2.05) is 0 Å². The summed E-state index contributed by atoms with van der Waals surface area (Å²) in [4.78, 5) is 31.7.